The lowest BCUT2D eigenvalue weighted by molar-refractivity contribution is 0.111. The Morgan fingerprint density at radius 2 is 2.18 bits per heavy atom. The molecular formula is C7H5BrFNO. The van der Waals surface area contributed by atoms with Gasteiger partial charge in [0, 0.05) is 5.69 Å². The third-order valence-electron chi connectivity index (χ3n) is 1.27. The first-order valence-electron chi connectivity index (χ1n) is 2.85. The summed E-state index contributed by atoms with van der Waals surface area (Å²) in [5.74, 6) is -0.568. The van der Waals surface area contributed by atoms with Crippen LogP contribution in [0.3, 0.4) is 0 Å². The van der Waals surface area contributed by atoms with Gasteiger partial charge >= 0.3 is 0 Å². The van der Waals surface area contributed by atoms with Crippen LogP contribution in [0.1, 0.15) is 10.4 Å². The lowest BCUT2D eigenvalue weighted by Gasteiger charge is -2.00. The van der Waals surface area contributed by atoms with E-state index in [1.807, 2.05) is 0 Å². The number of benzene rings is 1. The minimum absolute atomic E-state index is 0.0370. The number of hydrogen-bond acceptors (Lipinski definition) is 2. The first kappa shape index (κ1) is 8.20. The van der Waals surface area contributed by atoms with Crippen molar-refractivity contribution in [2.24, 2.45) is 0 Å². The number of carbonyl (C=O) groups excluding carboxylic acids is 1. The fourth-order valence-corrected chi connectivity index (χ4v) is 1.11. The van der Waals surface area contributed by atoms with Gasteiger partial charge in [-0.05, 0) is 28.1 Å². The van der Waals surface area contributed by atoms with Crippen LogP contribution in [0, 0.1) is 5.82 Å². The van der Waals surface area contributed by atoms with E-state index in [9.17, 15) is 9.18 Å². The highest BCUT2D eigenvalue weighted by Gasteiger charge is 2.07. The fourth-order valence-electron chi connectivity index (χ4n) is 0.694. The average molecular weight is 218 g/mol. The van der Waals surface area contributed by atoms with E-state index in [0.29, 0.717) is 16.4 Å². The summed E-state index contributed by atoms with van der Waals surface area (Å²) in [6, 6.07) is 2.55. The molecule has 1 aromatic carbocycles. The highest BCUT2D eigenvalue weighted by molar-refractivity contribution is 9.10. The molecule has 0 radical (unpaired) electrons. The largest absolute Gasteiger partial charge is 0.398 e. The maximum Gasteiger partial charge on any atom is 0.154 e. The second kappa shape index (κ2) is 3.00. The van der Waals surface area contributed by atoms with Crippen LogP contribution in [0.2, 0.25) is 0 Å². The Hall–Kier alpha value is -0.900. The van der Waals surface area contributed by atoms with E-state index in [-0.39, 0.29) is 5.56 Å². The van der Waals surface area contributed by atoms with Crippen molar-refractivity contribution < 1.29 is 9.18 Å². The van der Waals surface area contributed by atoms with Gasteiger partial charge in [-0.15, -0.1) is 0 Å². The summed E-state index contributed by atoms with van der Waals surface area (Å²) >= 11 is 2.99. The van der Waals surface area contributed by atoms with E-state index in [0.717, 1.165) is 6.07 Å². The highest BCUT2D eigenvalue weighted by Crippen LogP contribution is 2.24. The summed E-state index contributed by atoms with van der Waals surface area (Å²) < 4.78 is 13.0. The van der Waals surface area contributed by atoms with Gasteiger partial charge in [-0.2, -0.15) is 0 Å². The van der Waals surface area contributed by atoms with Crippen LogP contribution >= 0.6 is 15.9 Å². The van der Waals surface area contributed by atoms with Gasteiger partial charge in [0.05, 0.1) is 10.0 Å². The molecule has 1 rings (SSSR count). The van der Waals surface area contributed by atoms with Gasteiger partial charge in [0.25, 0.3) is 0 Å². The molecule has 58 valence electrons. The Morgan fingerprint density at radius 3 is 2.64 bits per heavy atom. The molecule has 0 saturated heterocycles. The average Bonchev–Trinajstić information content (AvgIpc) is 1.99. The zero-order chi connectivity index (χ0) is 8.43. The van der Waals surface area contributed by atoms with Gasteiger partial charge in [-0.1, -0.05) is 0 Å². The summed E-state index contributed by atoms with van der Waals surface area (Å²) in [7, 11) is 0. The molecule has 0 spiro atoms. The summed E-state index contributed by atoms with van der Waals surface area (Å²) in [5.41, 5.74) is 5.71. The fraction of sp³-hybridized carbons (Fsp3) is 0. The molecule has 2 N–H and O–H groups in total. The summed E-state index contributed by atoms with van der Waals surface area (Å²) in [6.07, 6.45) is 0.426. The zero-order valence-corrected chi connectivity index (χ0v) is 7.06. The van der Waals surface area contributed by atoms with Gasteiger partial charge < -0.3 is 5.73 Å². The zero-order valence-electron chi connectivity index (χ0n) is 5.47. The molecule has 0 aliphatic rings. The lowest BCUT2D eigenvalue weighted by atomic mass is 10.2. The van der Waals surface area contributed by atoms with Crippen LogP contribution in [0.4, 0.5) is 10.1 Å². The van der Waals surface area contributed by atoms with E-state index in [1.165, 1.54) is 6.07 Å². The Kier molecular flexibility index (Phi) is 2.24. The van der Waals surface area contributed by atoms with Gasteiger partial charge in [-0.3, -0.25) is 4.79 Å². The molecule has 0 aromatic heterocycles. The van der Waals surface area contributed by atoms with Crippen molar-refractivity contribution in [3.05, 3.63) is 28.0 Å². The van der Waals surface area contributed by atoms with Crippen molar-refractivity contribution in [3.63, 3.8) is 0 Å². The first-order valence-corrected chi connectivity index (χ1v) is 3.64. The quantitative estimate of drug-likeness (QED) is 0.578. The Morgan fingerprint density at radius 1 is 1.55 bits per heavy atom. The van der Waals surface area contributed by atoms with Gasteiger partial charge in [0.1, 0.15) is 5.82 Å². The van der Waals surface area contributed by atoms with E-state index >= 15 is 0 Å². The Balaban J connectivity index is 3.40. The molecule has 0 atom stereocenters. The standard InChI is InChI=1S/C7H5BrFNO/c8-7-4(3-11)5(9)1-2-6(7)10/h1-3H,10H2. The molecule has 0 unspecified atom stereocenters. The van der Waals surface area contributed by atoms with E-state index in [1.54, 1.807) is 0 Å². The normalized spacial score (nSPS) is 9.64. The van der Waals surface area contributed by atoms with Crippen molar-refractivity contribution in [3.8, 4) is 0 Å². The van der Waals surface area contributed by atoms with Crippen molar-refractivity contribution in [1.29, 1.82) is 0 Å². The molecule has 0 fully saturated rings. The topological polar surface area (TPSA) is 43.1 Å². The predicted octanol–water partition coefficient (Wildman–Crippen LogP) is 1.98. The van der Waals surface area contributed by atoms with Crippen molar-refractivity contribution in [1.82, 2.24) is 0 Å². The van der Waals surface area contributed by atoms with Crippen molar-refractivity contribution >= 4 is 27.9 Å². The van der Waals surface area contributed by atoms with Crippen LogP contribution in [-0.4, -0.2) is 6.29 Å². The number of carbonyl (C=O) groups is 1. The number of nitrogen functional groups attached to an aromatic ring is 1. The van der Waals surface area contributed by atoms with Crippen LogP contribution in [-0.2, 0) is 0 Å². The maximum atomic E-state index is 12.7. The number of anilines is 1. The molecule has 4 heteroatoms. The second-order valence-electron chi connectivity index (χ2n) is 1.98. The van der Waals surface area contributed by atoms with Crippen LogP contribution in [0.25, 0.3) is 0 Å². The van der Waals surface area contributed by atoms with Crippen LogP contribution < -0.4 is 5.73 Å². The van der Waals surface area contributed by atoms with Gasteiger partial charge in [-0.25, -0.2) is 4.39 Å². The molecule has 1 aromatic rings. The third-order valence-corrected chi connectivity index (χ3v) is 2.16. The number of halogens is 2. The molecule has 0 amide bonds. The molecule has 0 aliphatic carbocycles. The minimum Gasteiger partial charge on any atom is -0.398 e. The van der Waals surface area contributed by atoms with E-state index in [2.05, 4.69) is 15.9 Å². The molecule has 0 saturated carbocycles. The second-order valence-corrected chi connectivity index (χ2v) is 2.78. The summed E-state index contributed by atoms with van der Waals surface area (Å²) in [6.45, 7) is 0. The number of aldehydes is 1. The van der Waals surface area contributed by atoms with E-state index < -0.39 is 5.82 Å². The monoisotopic (exact) mass is 217 g/mol. The minimum atomic E-state index is -0.568. The van der Waals surface area contributed by atoms with Crippen LogP contribution in [0.5, 0.6) is 0 Å². The molecular weight excluding hydrogens is 213 g/mol. The summed E-state index contributed by atoms with van der Waals surface area (Å²) in [5, 5.41) is 0. The molecule has 0 aliphatic heterocycles. The highest BCUT2D eigenvalue weighted by atomic mass is 79.9. The van der Waals surface area contributed by atoms with Crippen molar-refractivity contribution in [2.45, 2.75) is 0 Å². The van der Waals surface area contributed by atoms with Crippen LogP contribution in [0.15, 0.2) is 16.6 Å². The third kappa shape index (κ3) is 1.40. The van der Waals surface area contributed by atoms with Crippen molar-refractivity contribution in [2.75, 3.05) is 5.73 Å². The van der Waals surface area contributed by atoms with Gasteiger partial charge in [0.15, 0.2) is 6.29 Å². The maximum absolute atomic E-state index is 12.7. The lowest BCUT2D eigenvalue weighted by Crippen LogP contribution is -1.94. The van der Waals surface area contributed by atoms with Gasteiger partial charge in [0.2, 0.25) is 0 Å². The summed E-state index contributed by atoms with van der Waals surface area (Å²) in [4.78, 5) is 10.3. The molecule has 0 heterocycles. The molecule has 2 nitrogen and oxygen atoms in total. The SMILES string of the molecule is Nc1ccc(F)c(C=O)c1Br. The first-order chi connectivity index (χ1) is 5.16. The van der Waals surface area contributed by atoms with E-state index in [4.69, 9.17) is 5.73 Å². The smallest absolute Gasteiger partial charge is 0.154 e. The Labute approximate surface area is 71.3 Å². The Bertz CT molecular complexity index is 301. The number of rotatable bonds is 1. The molecule has 11 heavy (non-hydrogen) atoms. The number of hydrogen-bond donors (Lipinski definition) is 1. The number of nitrogens with two attached hydrogens (primary N) is 1. The molecule has 0 bridgehead atoms. The predicted molar refractivity (Wildman–Crippen MR) is 43.9 cm³/mol.